The van der Waals surface area contributed by atoms with Crippen LogP contribution in [0.5, 0.6) is 0 Å². The quantitative estimate of drug-likeness (QED) is 0.737. The Balaban J connectivity index is 1.76. The molecule has 7 heteroatoms. The van der Waals surface area contributed by atoms with E-state index in [9.17, 15) is 4.79 Å². The summed E-state index contributed by atoms with van der Waals surface area (Å²) in [6.45, 7) is 2.66. The van der Waals surface area contributed by atoms with Crippen molar-refractivity contribution in [2.24, 2.45) is 11.7 Å². The molecule has 0 radical (unpaired) electrons. The molecule has 19 heavy (non-hydrogen) atoms. The SMILES string of the molecule is Cc1nc(NCC2CCC(N)C2)cc2n[nH]c(=O)n12. The number of nitrogens with two attached hydrogens (primary N) is 1. The van der Waals surface area contributed by atoms with Crippen molar-refractivity contribution in [2.45, 2.75) is 32.2 Å². The van der Waals surface area contributed by atoms with Crippen LogP contribution in [-0.4, -0.2) is 32.2 Å². The molecule has 7 nitrogen and oxygen atoms in total. The molecule has 2 aromatic rings. The molecule has 4 N–H and O–H groups in total. The first-order valence-corrected chi connectivity index (χ1v) is 6.57. The van der Waals surface area contributed by atoms with Gasteiger partial charge in [-0.05, 0) is 32.1 Å². The van der Waals surface area contributed by atoms with Gasteiger partial charge in [-0.1, -0.05) is 0 Å². The maximum absolute atomic E-state index is 11.5. The summed E-state index contributed by atoms with van der Waals surface area (Å²) in [4.78, 5) is 15.9. The highest BCUT2D eigenvalue weighted by molar-refractivity contribution is 5.49. The van der Waals surface area contributed by atoms with Crippen molar-refractivity contribution in [3.63, 3.8) is 0 Å². The van der Waals surface area contributed by atoms with Gasteiger partial charge < -0.3 is 11.1 Å². The van der Waals surface area contributed by atoms with E-state index in [2.05, 4.69) is 20.5 Å². The predicted molar refractivity (Wildman–Crippen MR) is 72.2 cm³/mol. The van der Waals surface area contributed by atoms with Crippen LogP contribution in [0.1, 0.15) is 25.1 Å². The molecule has 1 fully saturated rings. The lowest BCUT2D eigenvalue weighted by Gasteiger charge is -2.12. The molecule has 1 aliphatic rings. The third-order valence-corrected chi connectivity index (χ3v) is 3.72. The van der Waals surface area contributed by atoms with Crippen molar-refractivity contribution in [1.29, 1.82) is 0 Å². The lowest BCUT2D eigenvalue weighted by molar-refractivity contribution is 0.564. The number of hydrogen-bond donors (Lipinski definition) is 3. The van der Waals surface area contributed by atoms with E-state index in [1.54, 1.807) is 13.0 Å². The molecular weight excluding hydrogens is 244 g/mol. The van der Waals surface area contributed by atoms with Crippen LogP contribution in [0.25, 0.3) is 5.65 Å². The van der Waals surface area contributed by atoms with E-state index in [4.69, 9.17) is 5.73 Å². The van der Waals surface area contributed by atoms with Gasteiger partial charge in [0.2, 0.25) is 0 Å². The smallest absolute Gasteiger partial charge is 0.349 e. The van der Waals surface area contributed by atoms with E-state index in [1.807, 2.05) is 0 Å². The second-order valence-electron chi connectivity index (χ2n) is 5.23. The van der Waals surface area contributed by atoms with Crippen LogP contribution in [0.3, 0.4) is 0 Å². The number of rotatable bonds is 3. The van der Waals surface area contributed by atoms with E-state index in [1.165, 1.54) is 4.40 Å². The second kappa shape index (κ2) is 4.65. The Morgan fingerprint density at radius 2 is 2.42 bits per heavy atom. The molecule has 1 aliphatic carbocycles. The molecule has 0 aromatic carbocycles. The van der Waals surface area contributed by atoms with E-state index in [0.29, 0.717) is 23.4 Å². The molecule has 1 saturated carbocycles. The van der Waals surface area contributed by atoms with Gasteiger partial charge in [-0.2, -0.15) is 5.10 Å². The summed E-state index contributed by atoms with van der Waals surface area (Å²) in [5.74, 6) is 1.99. The number of nitrogens with zero attached hydrogens (tertiary/aromatic N) is 3. The first-order valence-electron chi connectivity index (χ1n) is 6.57. The lowest BCUT2D eigenvalue weighted by atomic mass is 10.1. The van der Waals surface area contributed by atoms with Crippen molar-refractivity contribution < 1.29 is 0 Å². The fourth-order valence-electron chi connectivity index (χ4n) is 2.74. The van der Waals surface area contributed by atoms with Crippen LogP contribution in [0, 0.1) is 12.8 Å². The van der Waals surface area contributed by atoms with Crippen molar-refractivity contribution in [3.05, 3.63) is 22.4 Å². The van der Waals surface area contributed by atoms with Crippen LogP contribution in [0.2, 0.25) is 0 Å². The fraction of sp³-hybridized carbons (Fsp3) is 0.583. The monoisotopic (exact) mass is 262 g/mol. The normalized spacial score (nSPS) is 23.1. The Bertz CT molecular complexity index is 645. The first kappa shape index (κ1) is 12.2. The fourth-order valence-corrected chi connectivity index (χ4v) is 2.74. The van der Waals surface area contributed by atoms with E-state index >= 15 is 0 Å². The van der Waals surface area contributed by atoms with E-state index in [-0.39, 0.29) is 5.69 Å². The predicted octanol–water partition coefficient (Wildman–Crippen LogP) is 0.265. The Morgan fingerprint density at radius 3 is 3.16 bits per heavy atom. The molecular formula is C12H18N6O. The molecule has 0 saturated heterocycles. The molecule has 0 aliphatic heterocycles. The van der Waals surface area contributed by atoms with Crippen LogP contribution < -0.4 is 16.7 Å². The summed E-state index contributed by atoms with van der Waals surface area (Å²) in [5.41, 5.74) is 6.23. The zero-order valence-corrected chi connectivity index (χ0v) is 10.9. The highest BCUT2D eigenvalue weighted by Crippen LogP contribution is 2.24. The Kier molecular flexibility index (Phi) is 2.98. The summed E-state index contributed by atoms with van der Waals surface area (Å²) < 4.78 is 1.46. The number of nitrogens with one attached hydrogen (secondary N) is 2. The van der Waals surface area contributed by atoms with Gasteiger partial charge in [0.15, 0.2) is 5.65 Å². The number of hydrogen-bond acceptors (Lipinski definition) is 5. The Hall–Kier alpha value is -1.89. The lowest BCUT2D eigenvalue weighted by Crippen LogP contribution is -2.19. The molecule has 2 unspecified atom stereocenters. The minimum atomic E-state index is -0.256. The van der Waals surface area contributed by atoms with Crippen LogP contribution in [-0.2, 0) is 0 Å². The molecule has 2 heterocycles. The third kappa shape index (κ3) is 2.33. The largest absolute Gasteiger partial charge is 0.370 e. The Morgan fingerprint density at radius 1 is 1.58 bits per heavy atom. The van der Waals surface area contributed by atoms with Gasteiger partial charge in [0.1, 0.15) is 11.6 Å². The van der Waals surface area contributed by atoms with Gasteiger partial charge in [0.05, 0.1) is 0 Å². The van der Waals surface area contributed by atoms with E-state index < -0.39 is 0 Å². The second-order valence-corrected chi connectivity index (χ2v) is 5.23. The summed E-state index contributed by atoms with van der Waals surface area (Å²) in [6, 6.07) is 2.12. The highest BCUT2D eigenvalue weighted by atomic mass is 16.1. The summed E-state index contributed by atoms with van der Waals surface area (Å²) in [7, 11) is 0. The molecule has 3 rings (SSSR count). The number of aromatic nitrogens is 4. The summed E-state index contributed by atoms with van der Waals surface area (Å²) >= 11 is 0. The van der Waals surface area contributed by atoms with Gasteiger partial charge in [0.25, 0.3) is 0 Å². The van der Waals surface area contributed by atoms with Crippen molar-refractivity contribution >= 4 is 11.5 Å². The molecule has 2 aromatic heterocycles. The van der Waals surface area contributed by atoms with Gasteiger partial charge in [-0.15, -0.1) is 0 Å². The maximum Gasteiger partial charge on any atom is 0.349 e. The zero-order chi connectivity index (χ0) is 13.4. The molecule has 102 valence electrons. The van der Waals surface area contributed by atoms with E-state index in [0.717, 1.165) is 31.6 Å². The minimum Gasteiger partial charge on any atom is -0.370 e. The highest BCUT2D eigenvalue weighted by Gasteiger charge is 2.21. The average Bonchev–Trinajstić information content (AvgIpc) is 2.94. The van der Waals surface area contributed by atoms with Crippen LogP contribution in [0.15, 0.2) is 10.9 Å². The minimum absolute atomic E-state index is 0.256. The topological polar surface area (TPSA) is 101 Å². The van der Waals surface area contributed by atoms with Gasteiger partial charge in [0, 0.05) is 18.7 Å². The molecule has 0 bridgehead atoms. The van der Waals surface area contributed by atoms with Crippen molar-refractivity contribution in [2.75, 3.05) is 11.9 Å². The molecule has 2 atom stereocenters. The van der Waals surface area contributed by atoms with Gasteiger partial charge in [-0.25, -0.2) is 19.3 Å². The van der Waals surface area contributed by atoms with Crippen molar-refractivity contribution in [1.82, 2.24) is 19.6 Å². The van der Waals surface area contributed by atoms with Crippen LogP contribution >= 0.6 is 0 Å². The van der Waals surface area contributed by atoms with Crippen LogP contribution in [0.4, 0.5) is 5.82 Å². The average molecular weight is 262 g/mol. The number of aryl methyl sites for hydroxylation is 1. The number of aromatic amines is 1. The summed E-state index contributed by atoms with van der Waals surface area (Å²) in [5, 5.41) is 9.69. The zero-order valence-electron chi connectivity index (χ0n) is 10.9. The number of H-pyrrole nitrogens is 1. The number of fused-ring (bicyclic) bond motifs is 1. The molecule has 0 spiro atoms. The maximum atomic E-state index is 11.5. The third-order valence-electron chi connectivity index (χ3n) is 3.72. The van der Waals surface area contributed by atoms with Crippen molar-refractivity contribution in [3.8, 4) is 0 Å². The molecule has 0 amide bonds. The summed E-state index contributed by atoms with van der Waals surface area (Å²) in [6.07, 6.45) is 3.33. The Labute approximate surface area is 110 Å². The van der Waals surface area contributed by atoms with Gasteiger partial charge in [-0.3, -0.25) is 0 Å². The standard InChI is InChI=1S/C12H18N6O/c1-7-15-10(5-11-16-17-12(19)18(7)11)14-6-8-2-3-9(13)4-8/h5,8-9,14H,2-4,6,13H2,1H3,(H,17,19). The number of anilines is 1. The first-order chi connectivity index (χ1) is 9.13. The van der Waals surface area contributed by atoms with Gasteiger partial charge >= 0.3 is 5.69 Å².